The van der Waals surface area contributed by atoms with Gasteiger partial charge in [0.2, 0.25) is 16.9 Å². The lowest BCUT2D eigenvalue weighted by Gasteiger charge is -2.26. The number of amides is 2. The van der Waals surface area contributed by atoms with Crippen molar-refractivity contribution >= 4 is 28.7 Å². The summed E-state index contributed by atoms with van der Waals surface area (Å²) in [7, 11) is 0. The third kappa shape index (κ3) is 4.60. The molecule has 5 nitrogen and oxygen atoms in total. The van der Waals surface area contributed by atoms with E-state index in [1.807, 2.05) is 32.0 Å². The molecule has 1 unspecified atom stereocenters. The summed E-state index contributed by atoms with van der Waals surface area (Å²) in [5.41, 5.74) is 0.642. The van der Waals surface area contributed by atoms with Crippen LogP contribution in [-0.4, -0.2) is 46.7 Å². The SMILES string of the molecule is CCNC(=O)[C@@H]1CCCN1C(=O)C(C)CSC(=O)c1ccccc1. The highest BCUT2D eigenvalue weighted by atomic mass is 32.2. The van der Waals surface area contributed by atoms with Gasteiger partial charge in [0.25, 0.3) is 0 Å². The van der Waals surface area contributed by atoms with Gasteiger partial charge in [-0.3, -0.25) is 14.4 Å². The quantitative estimate of drug-likeness (QED) is 0.857. The number of carbonyl (C=O) groups is 3. The average Bonchev–Trinajstić information content (AvgIpc) is 3.09. The third-order valence-corrected chi connectivity index (χ3v) is 5.25. The monoisotopic (exact) mass is 348 g/mol. The lowest BCUT2D eigenvalue weighted by atomic mass is 10.1. The molecule has 2 atom stereocenters. The number of likely N-dealkylation sites (tertiary alicyclic amines) is 1. The molecular formula is C18H24N2O3S. The summed E-state index contributed by atoms with van der Waals surface area (Å²) in [6.07, 6.45) is 1.55. The number of rotatable bonds is 6. The van der Waals surface area contributed by atoms with Crippen LogP contribution in [0.1, 0.15) is 37.0 Å². The third-order valence-electron chi connectivity index (χ3n) is 4.09. The van der Waals surface area contributed by atoms with Crippen molar-refractivity contribution in [3.05, 3.63) is 35.9 Å². The van der Waals surface area contributed by atoms with E-state index in [0.717, 1.165) is 18.2 Å². The fourth-order valence-corrected chi connectivity index (χ4v) is 3.65. The maximum absolute atomic E-state index is 12.6. The second-order valence-electron chi connectivity index (χ2n) is 5.95. The van der Waals surface area contributed by atoms with E-state index in [0.29, 0.717) is 30.8 Å². The zero-order valence-electron chi connectivity index (χ0n) is 14.2. The molecule has 0 spiro atoms. The molecule has 1 heterocycles. The van der Waals surface area contributed by atoms with Crippen molar-refractivity contribution in [1.29, 1.82) is 0 Å². The molecule has 2 amide bonds. The summed E-state index contributed by atoms with van der Waals surface area (Å²) in [5, 5.41) is 2.76. The van der Waals surface area contributed by atoms with Gasteiger partial charge in [0.15, 0.2) is 0 Å². The molecule has 2 rings (SSSR count). The number of hydrogen-bond acceptors (Lipinski definition) is 4. The van der Waals surface area contributed by atoms with E-state index >= 15 is 0 Å². The summed E-state index contributed by atoms with van der Waals surface area (Å²) in [5.74, 6) is 0.00363. The number of nitrogens with zero attached hydrogens (tertiary/aromatic N) is 1. The Labute approximate surface area is 147 Å². The zero-order chi connectivity index (χ0) is 17.5. The first-order valence-electron chi connectivity index (χ1n) is 8.35. The van der Waals surface area contributed by atoms with Crippen molar-refractivity contribution in [2.45, 2.75) is 32.7 Å². The highest BCUT2D eigenvalue weighted by Crippen LogP contribution is 2.23. The second-order valence-corrected chi connectivity index (χ2v) is 6.94. The molecule has 1 saturated heterocycles. The molecule has 0 aliphatic carbocycles. The average molecular weight is 348 g/mol. The van der Waals surface area contributed by atoms with Crippen molar-refractivity contribution in [1.82, 2.24) is 10.2 Å². The summed E-state index contributed by atoms with van der Waals surface area (Å²) in [4.78, 5) is 38.5. The molecule has 1 aliphatic heterocycles. The fraction of sp³-hybridized carbons (Fsp3) is 0.500. The molecule has 0 saturated carbocycles. The van der Waals surface area contributed by atoms with Crippen molar-refractivity contribution < 1.29 is 14.4 Å². The van der Waals surface area contributed by atoms with Crippen LogP contribution in [0.4, 0.5) is 0 Å². The van der Waals surface area contributed by atoms with Gasteiger partial charge in [0.05, 0.1) is 0 Å². The van der Waals surface area contributed by atoms with Crippen LogP contribution in [0.5, 0.6) is 0 Å². The minimum Gasteiger partial charge on any atom is -0.355 e. The summed E-state index contributed by atoms with van der Waals surface area (Å²) in [6.45, 7) is 4.87. The van der Waals surface area contributed by atoms with Crippen LogP contribution in [0.3, 0.4) is 0 Å². The molecular weight excluding hydrogens is 324 g/mol. The normalized spacial score (nSPS) is 18.2. The predicted octanol–water partition coefficient (Wildman–Crippen LogP) is 2.32. The van der Waals surface area contributed by atoms with E-state index in [4.69, 9.17) is 0 Å². The zero-order valence-corrected chi connectivity index (χ0v) is 15.0. The number of hydrogen-bond donors (Lipinski definition) is 1. The maximum Gasteiger partial charge on any atom is 0.242 e. The van der Waals surface area contributed by atoms with E-state index in [9.17, 15) is 14.4 Å². The Balaban J connectivity index is 1.89. The van der Waals surface area contributed by atoms with Gasteiger partial charge in [-0.1, -0.05) is 49.0 Å². The van der Waals surface area contributed by atoms with Gasteiger partial charge in [-0.05, 0) is 19.8 Å². The number of thioether (sulfide) groups is 1. The summed E-state index contributed by atoms with van der Waals surface area (Å²) >= 11 is 1.16. The van der Waals surface area contributed by atoms with E-state index in [1.165, 1.54) is 0 Å². The molecule has 1 fully saturated rings. The molecule has 0 bridgehead atoms. The van der Waals surface area contributed by atoms with Gasteiger partial charge in [-0.15, -0.1) is 0 Å². The number of benzene rings is 1. The molecule has 1 aliphatic rings. The Kier molecular flexibility index (Phi) is 6.85. The maximum atomic E-state index is 12.6. The molecule has 0 aromatic heterocycles. The second kappa shape index (κ2) is 8.87. The van der Waals surface area contributed by atoms with E-state index < -0.39 is 0 Å². The first-order valence-corrected chi connectivity index (χ1v) is 9.33. The number of nitrogens with one attached hydrogen (secondary N) is 1. The molecule has 1 aromatic rings. The summed E-state index contributed by atoms with van der Waals surface area (Å²) in [6, 6.07) is 8.69. The van der Waals surface area contributed by atoms with Gasteiger partial charge in [0, 0.05) is 30.3 Å². The van der Waals surface area contributed by atoms with Crippen molar-refractivity contribution in [2.75, 3.05) is 18.8 Å². The molecule has 1 N–H and O–H groups in total. The Morgan fingerprint density at radius 1 is 1.29 bits per heavy atom. The lowest BCUT2D eigenvalue weighted by Crippen LogP contribution is -2.47. The topological polar surface area (TPSA) is 66.5 Å². The number of carbonyl (C=O) groups excluding carboxylic acids is 3. The van der Waals surface area contributed by atoms with E-state index in [2.05, 4.69) is 5.32 Å². The summed E-state index contributed by atoms with van der Waals surface area (Å²) < 4.78 is 0. The van der Waals surface area contributed by atoms with E-state index in [1.54, 1.807) is 17.0 Å². The van der Waals surface area contributed by atoms with Crippen molar-refractivity contribution in [3.8, 4) is 0 Å². The van der Waals surface area contributed by atoms with Crippen molar-refractivity contribution in [2.24, 2.45) is 5.92 Å². The van der Waals surface area contributed by atoms with Gasteiger partial charge in [-0.25, -0.2) is 0 Å². The highest BCUT2D eigenvalue weighted by Gasteiger charge is 2.35. The van der Waals surface area contributed by atoms with Gasteiger partial charge >= 0.3 is 0 Å². The predicted molar refractivity (Wildman–Crippen MR) is 95.8 cm³/mol. The van der Waals surface area contributed by atoms with Crippen LogP contribution < -0.4 is 5.32 Å². The van der Waals surface area contributed by atoms with Crippen LogP contribution in [0.15, 0.2) is 30.3 Å². The minimum atomic E-state index is -0.366. The highest BCUT2D eigenvalue weighted by molar-refractivity contribution is 8.14. The van der Waals surface area contributed by atoms with Crippen LogP contribution in [-0.2, 0) is 9.59 Å². The van der Waals surface area contributed by atoms with Crippen LogP contribution in [0, 0.1) is 5.92 Å². The van der Waals surface area contributed by atoms with E-state index in [-0.39, 0.29) is 28.9 Å². The molecule has 1 aromatic carbocycles. The van der Waals surface area contributed by atoms with Crippen molar-refractivity contribution in [3.63, 3.8) is 0 Å². The fourth-order valence-electron chi connectivity index (χ4n) is 2.81. The van der Waals surface area contributed by atoms with Crippen LogP contribution in [0.2, 0.25) is 0 Å². The lowest BCUT2D eigenvalue weighted by molar-refractivity contribution is -0.140. The Morgan fingerprint density at radius 2 is 2.00 bits per heavy atom. The van der Waals surface area contributed by atoms with Gasteiger partial charge in [-0.2, -0.15) is 0 Å². The molecule has 6 heteroatoms. The molecule has 0 radical (unpaired) electrons. The Bertz CT molecular complexity index is 591. The minimum absolute atomic E-state index is 0.0306. The molecule has 24 heavy (non-hydrogen) atoms. The Hall–Kier alpha value is -1.82. The largest absolute Gasteiger partial charge is 0.355 e. The number of likely N-dealkylation sites (N-methyl/N-ethyl adjacent to an activating group) is 1. The smallest absolute Gasteiger partial charge is 0.242 e. The first kappa shape index (κ1) is 18.5. The first-order chi connectivity index (χ1) is 11.5. The van der Waals surface area contributed by atoms with Gasteiger partial charge in [0.1, 0.15) is 6.04 Å². The van der Waals surface area contributed by atoms with Crippen LogP contribution in [0.25, 0.3) is 0 Å². The van der Waals surface area contributed by atoms with Gasteiger partial charge < -0.3 is 10.2 Å². The molecule has 130 valence electrons. The Morgan fingerprint density at radius 3 is 2.67 bits per heavy atom. The standard InChI is InChI=1S/C18H24N2O3S/c1-3-19-16(21)15-10-7-11-20(15)17(22)13(2)12-24-18(23)14-8-5-4-6-9-14/h4-6,8-9,13,15H,3,7,10-12H2,1-2H3,(H,19,21)/t13?,15-/m0/s1. The van der Waals surface area contributed by atoms with Crippen LogP contribution >= 0.6 is 11.8 Å².